The quantitative estimate of drug-likeness (QED) is 0.589. The van der Waals surface area contributed by atoms with Gasteiger partial charge in [-0.2, -0.15) is 4.72 Å². The van der Waals surface area contributed by atoms with Crippen LogP contribution in [-0.2, 0) is 19.6 Å². The Morgan fingerprint density at radius 2 is 1.74 bits per heavy atom. The molecule has 8 nitrogen and oxygen atoms in total. The van der Waals surface area contributed by atoms with Gasteiger partial charge in [0.25, 0.3) is 0 Å². The molecule has 174 valence electrons. The Bertz CT molecular complexity index is 840. The summed E-state index contributed by atoms with van der Waals surface area (Å²) >= 11 is 0. The van der Waals surface area contributed by atoms with Crippen molar-refractivity contribution in [3.05, 3.63) is 29.8 Å². The highest BCUT2D eigenvalue weighted by molar-refractivity contribution is 7.89. The van der Waals surface area contributed by atoms with E-state index >= 15 is 0 Å². The van der Waals surface area contributed by atoms with Crippen LogP contribution in [0, 0.1) is 12.8 Å². The molecule has 0 spiro atoms. The van der Waals surface area contributed by atoms with Crippen molar-refractivity contribution >= 4 is 21.8 Å². The molecule has 0 bridgehead atoms. The smallest absolute Gasteiger partial charge is 0.241 e. The Labute approximate surface area is 186 Å². The van der Waals surface area contributed by atoms with E-state index in [0.717, 1.165) is 18.5 Å². The fourth-order valence-corrected chi connectivity index (χ4v) is 4.87. The van der Waals surface area contributed by atoms with Gasteiger partial charge in [0, 0.05) is 32.7 Å². The first kappa shape index (κ1) is 25.3. The molecule has 0 aliphatic carbocycles. The minimum atomic E-state index is -3.81. The molecule has 1 aromatic carbocycles. The summed E-state index contributed by atoms with van der Waals surface area (Å²) in [6.45, 7) is 10.9. The van der Waals surface area contributed by atoms with Gasteiger partial charge in [-0.3, -0.25) is 14.5 Å². The lowest BCUT2D eigenvalue weighted by atomic mass is 10.0. The Hall–Kier alpha value is -1.97. The monoisotopic (exact) mass is 452 g/mol. The highest BCUT2D eigenvalue weighted by atomic mass is 32.2. The molecule has 1 aliphatic heterocycles. The van der Waals surface area contributed by atoms with Gasteiger partial charge in [-0.15, -0.1) is 0 Å². The SMILES string of the molecule is CCNC(=O)CN1CCCN(C(=O)C(CC(C)C)NS(=O)(=O)c2ccc(C)cc2)CC1. The van der Waals surface area contributed by atoms with Crippen molar-refractivity contribution in [1.29, 1.82) is 0 Å². The van der Waals surface area contributed by atoms with Crippen molar-refractivity contribution in [3.8, 4) is 0 Å². The van der Waals surface area contributed by atoms with E-state index in [0.29, 0.717) is 39.1 Å². The average Bonchev–Trinajstić information content (AvgIpc) is 2.92. The molecule has 9 heteroatoms. The minimum Gasteiger partial charge on any atom is -0.355 e. The Morgan fingerprint density at radius 1 is 1.06 bits per heavy atom. The number of amides is 2. The van der Waals surface area contributed by atoms with Gasteiger partial charge in [0.15, 0.2) is 0 Å². The van der Waals surface area contributed by atoms with Gasteiger partial charge in [0.2, 0.25) is 21.8 Å². The Morgan fingerprint density at radius 3 is 2.35 bits per heavy atom. The second-order valence-electron chi connectivity index (χ2n) is 8.52. The highest BCUT2D eigenvalue weighted by Crippen LogP contribution is 2.16. The zero-order valence-electron chi connectivity index (χ0n) is 19.1. The Balaban J connectivity index is 2.08. The van der Waals surface area contributed by atoms with Crippen molar-refractivity contribution in [2.45, 2.75) is 51.5 Å². The first-order valence-electron chi connectivity index (χ1n) is 11.0. The van der Waals surface area contributed by atoms with E-state index in [1.165, 1.54) is 0 Å². The number of carbonyl (C=O) groups excluding carboxylic acids is 2. The number of nitrogens with zero attached hydrogens (tertiary/aromatic N) is 2. The molecular weight excluding hydrogens is 416 g/mol. The van der Waals surface area contributed by atoms with Gasteiger partial charge < -0.3 is 10.2 Å². The summed E-state index contributed by atoms with van der Waals surface area (Å²) < 4.78 is 28.4. The molecule has 1 saturated heterocycles. The summed E-state index contributed by atoms with van der Waals surface area (Å²) in [6, 6.07) is 5.78. The lowest BCUT2D eigenvalue weighted by Gasteiger charge is -2.28. The summed E-state index contributed by atoms with van der Waals surface area (Å²) in [5, 5.41) is 2.79. The van der Waals surface area contributed by atoms with Gasteiger partial charge >= 0.3 is 0 Å². The maximum absolute atomic E-state index is 13.3. The third-order valence-electron chi connectivity index (χ3n) is 5.28. The van der Waals surface area contributed by atoms with Gasteiger partial charge in [-0.25, -0.2) is 8.42 Å². The zero-order chi connectivity index (χ0) is 23.0. The third kappa shape index (κ3) is 7.90. The first-order chi connectivity index (χ1) is 14.6. The summed E-state index contributed by atoms with van der Waals surface area (Å²) in [4.78, 5) is 29.1. The van der Waals surface area contributed by atoms with Gasteiger partial charge in [0.1, 0.15) is 6.04 Å². The summed E-state index contributed by atoms with van der Waals surface area (Å²) in [5.41, 5.74) is 0.968. The number of nitrogens with one attached hydrogen (secondary N) is 2. The number of carbonyl (C=O) groups is 2. The van der Waals surface area contributed by atoms with Crippen LogP contribution in [0.3, 0.4) is 0 Å². The summed E-state index contributed by atoms with van der Waals surface area (Å²) in [5.74, 6) is -0.0778. The predicted octanol–water partition coefficient (Wildman–Crippen LogP) is 1.36. The van der Waals surface area contributed by atoms with Crippen LogP contribution in [-0.4, -0.2) is 75.3 Å². The molecule has 1 aliphatic rings. The fourth-order valence-electron chi connectivity index (χ4n) is 3.67. The molecule has 0 radical (unpaired) electrons. The normalized spacial score (nSPS) is 16.7. The molecule has 2 amide bonds. The molecule has 0 aromatic heterocycles. The van der Waals surface area contributed by atoms with Gasteiger partial charge in [-0.05, 0) is 44.7 Å². The largest absolute Gasteiger partial charge is 0.355 e. The maximum atomic E-state index is 13.3. The van der Waals surface area contributed by atoms with E-state index in [4.69, 9.17) is 0 Å². The van der Waals surface area contributed by atoms with Crippen LogP contribution in [0.25, 0.3) is 0 Å². The highest BCUT2D eigenvalue weighted by Gasteiger charge is 2.31. The van der Waals surface area contributed by atoms with Crippen molar-refractivity contribution < 1.29 is 18.0 Å². The van der Waals surface area contributed by atoms with E-state index < -0.39 is 16.1 Å². The maximum Gasteiger partial charge on any atom is 0.241 e. The zero-order valence-corrected chi connectivity index (χ0v) is 19.9. The van der Waals surface area contributed by atoms with E-state index in [-0.39, 0.29) is 22.6 Å². The van der Waals surface area contributed by atoms with E-state index in [2.05, 4.69) is 10.0 Å². The van der Waals surface area contributed by atoms with Crippen LogP contribution in [0.15, 0.2) is 29.2 Å². The first-order valence-corrected chi connectivity index (χ1v) is 12.5. The lowest BCUT2D eigenvalue weighted by molar-refractivity contribution is -0.133. The molecule has 31 heavy (non-hydrogen) atoms. The van der Waals surface area contributed by atoms with Crippen LogP contribution in [0.2, 0.25) is 0 Å². The standard InChI is InChI=1S/C22H36N4O4S/c1-5-23-21(27)16-25-11-6-12-26(14-13-25)22(28)20(15-17(2)3)24-31(29,30)19-9-7-18(4)8-10-19/h7-10,17,20,24H,5-6,11-16H2,1-4H3,(H,23,27). The van der Waals surface area contributed by atoms with E-state index in [1.807, 2.05) is 32.6 Å². The predicted molar refractivity (Wildman–Crippen MR) is 121 cm³/mol. The molecule has 1 fully saturated rings. The molecule has 2 N–H and O–H groups in total. The molecule has 1 unspecified atom stereocenters. The van der Waals surface area contributed by atoms with Crippen LogP contribution in [0.5, 0.6) is 0 Å². The average molecular weight is 453 g/mol. The number of aryl methyl sites for hydroxylation is 1. The van der Waals surface area contributed by atoms with E-state index in [9.17, 15) is 18.0 Å². The molecule has 2 rings (SSSR count). The number of rotatable bonds is 9. The van der Waals surface area contributed by atoms with Crippen LogP contribution in [0.1, 0.15) is 39.2 Å². The minimum absolute atomic E-state index is 0.0224. The number of hydrogen-bond acceptors (Lipinski definition) is 5. The number of hydrogen-bond donors (Lipinski definition) is 2. The second kappa shape index (κ2) is 11.6. The summed E-state index contributed by atoms with van der Waals surface area (Å²) in [6.07, 6.45) is 1.16. The molecular formula is C22H36N4O4S. The number of benzene rings is 1. The van der Waals surface area contributed by atoms with Crippen molar-refractivity contribution in [3.63, 3.8) is 0 Å². The lowest BCUT2D eigenvalue weighted by Crippen LogP contribution is -2.50. The van der Waals surface area contributed by atoms with Gasteiger partial charge in [0.05, 0.1) is 11.4 Å². The summed E-state index contributed by atoms with van der Waals surface area (Å²) in [7, 11) is -3.81. The molecule has 1 atom stereocenters. The van der Waals surface area contributed by atoms with Crippen LogP contribution >= 0.6 is 0 Å². The van der Waals surface area contributed by atoms with Crippen LogP contribution < -0.4 is 10.0 Å². The fraction of sp³-hybridized carbons (Fsp3) is 0.636. The van der Waals surface area contributed by atoms with E-state index in [1.54, 1.807) is 29.2 Å². The second-order valence-corrected chi connectivity index (χ2v) is 10.2. The number of likely N-dealkylation sites (N-methyl/N-ethyl adjacent to an activating group) is 1. The van der Waals surface area contributed by atoms with Crippen molar-refractivity contribution in [1.82, 2.24) is 19.8 Å². The van der Waals surface area contributed by atoms with Gasteiger partial charge in [-0.1, -0.05) is 31.5 Å². The number of sulfonamides is 1. The molecule has 0 saturated carbocycles. The Kier molecular flexibility index (Phi) is 9.46. The third-order valence-corrected chi connectivity index (χ3v) is 6.76. The topological polar surface area (TPSA) is 98.8 Å². The molecule has 1 aromatic rings. The van der Waals surface area contributed by atoms with Crippen molar-refractivity contribution in [2.75, 3.05) is 39.3 Å². The van der Waals surface area contributed by atoms with Crippen LogP contribution in [0.4, 0.5) is 0 Å². The van der Waals surface area contributed by atoms with Crippen molar-refractivity contribution in [2.24, 2.45) is 5.92 Å². The molecule has 1 heterocycles.